The third-order valence-corrected chi connectivity index (χ3v) is 4.13. The van der Waals surface area contributed by atoms with E-state index in [1.807, 2.05) is 6.08 Å². The number of carboxylic acid groups (broad SMARTS) is 1. The molecule has 1 N–H and O–H groups in total. The van der Waals surface area contributed by atoms with Crippen LogP contribution in [0, 0.1) is 16.0 Å². The van der Waals surface area contributed by atoms with Gasteiger partial charge in [-0.15, -0.1) is 0 Å². The maximum absolute atomic E-state index is 11.1. The number of nitro benzene ring substituents is 1. The molecule has 6 heteroatoms. The molecule has 0 amide bonds. The fourth-order valence-corrected chi connectivity index (χ4v) is 2.75. The number of likely N-dealkylation sites (tertiary alicyclic amines) is 1. The molecular weight excluding hydrogens is 284 g/mol. The van der Waals surface area contributed by atoms with Crippen molar-refractivity contribution in [3.8, 4) is 0 Å². The minimum absolute atomic E-state index is 0.0776. The van der Waals surface area contributed by atoms with E-state index in [4.69, 9.17) is 5.11 Å². The normalized spacial score (nSPS) is 22.8. The number of hydrogen-bond donors (Lipinski definition) is 1. The van der Waals surface area contributed by atoms with Gasteiger partial charge >= 0.3 is 5.97 Å². The zero-order chi connectivity index (χ0) is 16.1. The molecule has 0 radical (unpaired) electrons. The Bertz CT molecular complexity index is 585. The van der Waals surface area contributed by atoms with Crippen LogP contribution in [0.15, 0.2) is 30.3 Å². The highest BCUT2D eigenvalue weighted by Crippen LogP contribution is 2.23. The summed E-state index contributed by atoms with van der Waals surface area (Å²) >= 11 is 0. The van der Waals surface area contributed by atoms with Crippen LogP contribution in [0.4, 0.5) is 5.69 Å². The fraction of sp³-hybridized carbons (Fsp3) is 0.438. The maximum atomic E-state index is 11.1. The Labute approximate surface area is 129 Å². The molecule has 6 nitrogen and oxygen atoms in total. The summed E-state index contributed by atoms with van der Waals surface area (Å²) in [6.45, 7) is 3.20. The van der Waals surface area contributed by atoms with E-state index in [2.05, 4.69) is 11.8 Å². The summed E-state index contributed by atoms with van der Waals surface area (Å²) in [6.07, 6.45) is 5.16. The Morgan fingerprint density at radius 2 is 2.18 bits per heavy atom. The first-order chi connectivity index (χ1) is 10.5. The lowest BCUT2D eigenvalue weighted by molar-refractivity contribution is -0.385. The molecule has 2 atom stereocenters. The Morgan fingerprint density at radius 3 is 2.86 bits per heavy atom. The number of benzene rings is 1. The number of carbonyl (C=O) groups is 1. The molecule has 1 aromatic rings. The lowest BCUT2D eigenvalue weighted by Gasteiger charge is -2.35. The maximum Gasteiger partial charge on any atom is 0.307 e. The van der Waals surface area contributed by atoms with Crippen molar-refractivity contribution in [2.24, 2.45) is 5.92 Å². The second kappa shape index (κ2) is 7.17. The number of nitrogens with zero attached hydrogens (tertiary/aromatic N) is 2. The van der Waals surface area contributed by atoms with Crippen LogP contribution in [0.5, 0.6) is 0 Å². The predicted octanol–water partition coefficient (Wildman–Crippen LogP) is 2.79. The molecule has 1 aromatic carbocycles. The van der Waals surface area contributed by atoms with Gasteiger partial charge in [-0.1, -0.05) is 24.3 Å². The van der Waals surface area contributed by atoms with Crippen LogP contribution in [-0.4, -0.2) is 40.0 Å². The van der Waals surface area contributed by atoms with E-state index in [0.29, 0.717) is 31.1 Å². The number of aliphatic carboxylic acids is 1. The van der Waals surface area contributed by atoms with E-state index in [0.717, 1.165) is 6.42 Å². The summed E-state index contributed by atoms with van der Waals surface area (Å²) in [7, 11) is 0. The molecular formula is C16H20N2O4. The molecule has 0 spiro atoms. The van der Waals surface area contributed by atoms with Crippen molar-refractivity contribution < 1.29 is 14.8 Å². The van der Waals surface area contributed by atoms with E-state index in [1.54, 1.807) is 24.3 Å². The van der Waals surface area contributed by atoms with Crippen molar-refractivity contribution in [2.45, 2.75) is 25.8 Å². The zero-order valence-electron chi connectivity index (χ0n) is 12.5. The monoisotopic (exact) mass is 304 g/mol. The topological polar surface area (TPSA) is 83.7 Å². The molecule has 2 rings (SSSR count). The summed E-state index contributed by atoms with van der Waals surface area (Å²) in [5, 5.41) is 20.1. The molecule has 22 heavy (non-hydrogen) atoms. The average molecular weight is 304 g/mol. The average Bonchev–Trinajstić information content (AvgIpc) is 2.49. The van der Waals surface area contributed by atoms with Crippen molar-refractivity contribution in [3.05, 3.63) is 46.0 Å². The van der Waals surface area contributed by atoms with E-state index < -0.39 is 10.9 Å². The van der Waals surface area contributed by atoms with Crippen molar-refractivity contribution in [1.82, 2.24) is 4.90 Å². The first kappa shape index (κ1) is 16.2. The van der Waals surface area contributed by atoms with E-state index in [-0.39, 0.29) is 11.6 Å². The summed E-state index contributed by atoms with van der Waals surface area (Å²) < 4.78 is 0. The predicted molar refractivity (Wildman–Crippen MR) is 83.5 cm³/mol. The van der Waals surface area contributed by atoms with Gasteiger partial charge in [0.15, 0.2) is 0 Å². The zero-order valence-corrected chi connectivity index (χ0v) is 12.5. The molecule has 0 bridgehead atoms. The summed E-state index contributed by atoms with van der Waals surface area (Å²) in [5.74, 6) is -1.07. The van der Waals surface area contributed by atoms with Gasteiger partial charge in [-0.2, -0.15) is 0 Å². The third kappa shape index (κ3) is 3.92. The van der Waals surface area contributed by atoms with Crippen LogP contribution < -0.4 is 0 Å². The second-order valence-electron chi connectivity index (χ2n) is 5.63. The molecule has 1 heterocycles. The second-order valence-corrected chi connectivity index (χ2v) is 5.63. The third-order valence-electron chi connectivity index (χ3n) is 4.13. The van der Waals surface area contributed by atoms with E-state index in [1.165, 1.54) is 6.07 Å². The van der Waals surface area contributed by atoms with Crippen LogP contribution in [0.1, 0.15) is 25.3 Å². The molecule has 0 aliphatic carbocycles. The summed E-state index contributed by atoms with van der Waals surface area (Å²) in [5.41, 5.74) is 0.640. The highest BCUT2D eigenvalue weighted by atomic mass is 16.6. The number of nitro groups is 1. The lowest BCUT2D eigenvalue weighted by atomic mass is 9.93. The molecule has 118 valence electrons. The SMILES string of the molecule is CC1CCC(C(=O)O)CN1C/C=C/c1ccccc1[N+](=O)[O-]. The number of para-hydroxylation sites is 1. The number of piperidine rings is 1. The number of carboxylic acids is 1. The van der Waals surface area contributed by atoms with Gasteiger partial charge in [0.1, 0.15) is 0 Å². The smallest absolute Gasteiger partial charge is 0.307 e. The Kier molecular flexibility index (Phi) is 5.27. The van der Waals surface area contributed by atoms with Crippen LogP contribution in [0.25, 0.3) is 6.08 Å². The first-order valence-electron chi connectivity index (χ1n) is 7.36. The first-order valence-corrected chi connectivity index (χ1v) is 7.36. The van der Waals surface area contributed by atoms with Gasteiger partial charge in [-0.25, -0.2) is 0 Å². The van der Waals surface area contributed by atoms with Crippen LogP contribution >= 0.6 is 0 Å². The van der Waals surface area contributed by atoms with Crippen molar-refractivity contribution >= 4 is 17.7 Å². The molecule has 1 saturated heterocycles. The fourth-order valence-electron chi connectivity index (χ4n) is 2.75. The highest BCUT2D eigenvalue weighted by molar-refractivity contribution is 5.70. The van der Waals surface area contributed by atoms with E-state index in [9.17, 15) is 14.9 Å². The minimum atomic E-state index is -0.750. The molecule has 0 saturated carbocycles. The van der Waals surface area contributed by atoms with Gasteiger partial charge < -0.3 is 5.11 Å². The van der Waals surface area contributed by atoms with Crippen LogP contribution in [0.3, 0.4) is 0 Å². The van der Waals surface area contributed by atoms with Crippen LogP contribution in [-0.2, 0) is 4.79 Å². The number of rotatable bonds is 5. The molecule has 1 aliphatic rings. The summed E-state index contributed by atoms with van der Waals surface area (Å²) in [6, 6.07) is 6.90. The quantitative estimate of drug-likeness (QED) is 0.668. The standard InChI is InChI=1S/C16H20N2O4/c1-12-8-9-14(16(19)20)11-17(12)10-4-6-13-5-2-3-7-15(13)18(21)22/h2-7,12,14H,8-11H2,1H3,(H,19,20)/b6-4+. The van der Waals surface area contributed by atoms with Crippen molar-refractivity contribution in [1.29, 1.82) is 0 Å². The van der Waals surface area contributed by atoms with Crippen molar-refractivity contribution in [2.75, 3.05) is 13.1 Å². The van der Waals surface area contributed by atoms with E-state index >= 15 is 0 Å². The summed E-state index contributed by atoms with van der Waals surface area (Å²) in [4.78, 5) is 23.8. The minimum Gasteiger partial charge on any atom is -0.481 e. The van der Waals surface area contributed by atoms with Gasteiger partial charge in [0.25, 0.3) is 5.69 Å². The largest absolute Gasteiger partial charge is 0.481 e. The van der Waals surface area contributed by atoms with Gasteiger partial charge in [-0.05, 0) is 25.8 Å². The molecule has 1 aliphatic heterocycles. The molecule has 0 aromatic heterocycles. The highest BCUT2D eigenvalue weighted by Gasteiger charge is 2.28. The van der Waals surface area contributed by atoms with Gasteiger partial charge in [0.05, 0.1) is 16.4 Å². The van der Waals surface area contributed by atoms with Crippen LogP contribution in [0.2, 0.25) is 0 Å². The Hall–Kier alpha value is -2.21. The molecule has 1 fully saturated rings. The van der Waals surface area contributed by atoms with Gasteiger partial charge in [0.2, 0.25) is 0 Å². The van der Waals surface area contributed by atoms with Gasteiger partial charge in [0, 0.05) is 25.2 Å². The molecule has 2 unspecified atom stereocenters. The van der Waals surface area contributed by atoms with Gasteiger partial charge in [-0.3, -0.25) is 19.8 Å². The lowest BCUT2D eigenvalue weighted by Crippen LogP contribution is -2.44. The Balaban J connectivity index is 2.02. The Morgan fingerprint density at radius 1 is 1.45 bits per heavy atom. The van der Waals surface area contributed by atoms with Crippen molar-refractivity contribution in [3.63, 3.8) is 0 Å². The number of hydrogen-bond acceptors (Lipinski definition) is 4.